The SMILES string of the molecule is CC(C)C(CNCCc1ccccn1)C(=O)O. The van der Waals surface area contributed by atoms with Crippen molar-refractivity contribution in [2.75, 3.05) is 13.1 Å². The number of nitrogens with zero attached hydrogens (tertiary/aromatic N) is 1. The molecule has 1 aromatic heterocycles. The predicted octanol–water partition coefficient (Wildman–Crippen LogP) is 1.57. The number of hydrogen-bond donors (Lipinski definition) is 2. The van der Waals surface area contributed by atoms with Crippen molar-refractivity contribution < 1.29 is 9.90 Å². The zero-order valence-electron chi connectivity index (χ0n) is 10.4. The zero-order chi connectivity index (χ0) is 12.7. The number of hydrogen-bond acceptors (Lipinski definition) is 3. The summed E-state index contributed by atoms with van der Waals surface area (Å²) in [4.78, 5) is 15.2. The summed E-state index contributed by atoms with van der Waals surface area (Å²) in [7, 11) is 0. The van der Waals surface area contributed by atoms with Crippen molar-refractivity contribution >= 4 is 5.97 Å². The molecule has 1 unspecified atom stereocenters. The molecule has 0 aliphatic rings. The summed E-state index contributed by atoms with van der Waals surface area (Å²) in [6.45, 7) is 5.13. The molecule has 4 nitrogen and oxygen atoms in total. The Morgan fingerprint density at radius 2 is 2.24 bits per heavy atom. The molecule has 0 saturated heterocycles. The molecule has 0 amide bonds. The van der Waals surface area contributed by atoms with Gasteiger partial charge in [0, 0.05) is 31.4 Å². The van der Waals surface area contributed by atoms with E-state index in [0.29, 0.717) is 6.54 Å². The molecule has 17 heavy (non-hydrogen) atoms. The molecule has 4 heteroatoms. The highest BCUT2D eigenvalue weighted by atomic mass is 16.4. The number of carbonyl (C=O) groups is 1. The molecule has 0 saturated carbocycles. The van der Waals surface area contributed by atoms with Crippen molar-refractivity contribution in [3.05, 3.63) is 30.1 Å². The standard InChI is InChI=1S/C13H20N2O2/c1-10(2)12(13(16)17)9-14-8-6-11-5-3-4-7-15-11/h3-5,7,10,12,14H,6,8-9H2,1-2H3,(H,16,17). The number of nitrogens with one attached hydrogen (secondary N) is 1. The lowest BCUT2D eigenvalue weighted by Crippen LogP contribution is -2.33. The number of carboxylic acid groups (broad SMARTS) is 1. The van der Waals surface area contributed by atoms with Crippen LogP contribution in [0.4, 0.5) is 0 Å². The van der Waals surface area contributed by atoms with Gasteiger partial charge in [0.1, 0.15) is 0 Å². The minimum Gasteiger partial charge on any atom is -0.481 e. The van der Waals surface area contributed by atoms with Gasteiger partial charge in [-0.05, 0) is 18.1 Å². The van der Waals surface area contributed by atoms with Gasteiger partial charge in [0.25, 0.3) is 0 Å². The van der Waals surface area contributed by atoms with Crippen molar-refractivity contribution in [2.24, 2.45) is 11.8 Å². The predicted molar refractivity (Wildman–Crippen MR) is 66.8 cm³/mol. The van der Waals surface area contributed by atoms with E-state index in [0.717, 1.165) is 18.7 Å². The molecule has 0 aliphatic carbocycles. The fraction of sp³-hybridized carbons (Fsp3) is 0.538. The van der Waals surface area contributed by atoms with Gasteiger partial charge in [-0.3, -0.25) is 9.78 Å². The van der Waals surface area contributed by atoms with Gasteiger partial charge < -0.3 is 10.4 Å². The van der Waals surface area contributed by atoms with Crippen molar-refractivity contribution in [1.82, 2.24) is 10.3 Å². The molecule has 0 aromatic carbocycles. The molecular formula is C13H20N2O2. The van der Waals surface area contributed by atoms with Gasteiger partial charge in [0.15, 0.2) is 0 Å². The third-order valence-electron chi connectivity index (χ3n) is 2.77. The van der Waals surface area contributed by atoms with Crippen molar-refractivity contribution in [2.45, 2.75) is 20.3 Å². The lowest BCUT2D eigenvalue weighted by molar-refractivity contribution is -0.143. The summed E-state index contributed by atoms with van der Waals surface area (Å²) in [5, 5.41) is 12.2. The lowest BCUT2D eigenvalue weighted by Gasteiger charge is -2.16. The maximum absolute atomic E-state index is 11.0. The monoisotopic (exact) mass is 236 g/mol. The third-order valence-corrected chi connectivity index (χ3v) is 2.77. The smallest absolute Gasteiger partial charge is 0.308 e. The summed E-state index contributed by atoms with van der Waals surface area (Å²) in [5.41, 5.74) is 1.02. The van der Waals surface area contributed by atoms with Crippen LogP contribution in [0.2, 0.25) is 0 Å². The van der Waals surface area contributed by atoms with Gasteiger partial charge in [-0.2, -0.15) is 0 Å². The van der Waals surface area contributed by atoms with E-state index in [4.69, 9.17) is 5.11 Å². The molecule has 94 valence electrons. The van der Waals surface area contributed by atoms with Crippen molar-refractivity contribution in [1.29, 1.82) is 0 Å². The van der Waals surface area contributed by atoms with Crippen LogP contribution in [0.15, 0.2) is 24.4 Å². The first-order valence-electron chi connectivity index (χ1n) is 5.94. The number of pyridine rings is 1. The topological polar surface area (TPSA) is 62.2 Å². The highest BCUT2D eigenvalue weighted by molar-refractivity contribution is 5.70. The molecule has 0 bridgehead atoms. The Balaban J connectivity index is 2.26. The van der Waals surface area contributed by atoms with Crippen LogP contribution in [0, 0.1) is 11.8 Å². The first-order chi connectivity index (χ1) is 8.11. The summed E-state index contributed by atoms with van der Waals surface area (Å²) in [5.74, 6) is -0.904. The zero-order valence-corrected chi connectivity index (χ0v) is 10.4. The quantitative estimate of drug-likeness (QED) is 0.705. The second-order valence-electron chi connectivity index (χ2n) is 4.46. The van der Waals surface area contributed by atoms with Crippen molar-refractivity contribution in [3.63, 3.8) is 0 Å². The minimum absolute atomic E-state index is 0.148. The second kappa shape index (κ2) is 7.01. The normalized spacial score (nSPS) is 12.6. The molecule has 0 aliphatic heterocycles. The van der Waals surface area contributed by atoms with E-state index in [1.807, 2.05) is 32.0 Å². The van der Waals surface area contributed by atoms with Gasteiger partial charge in [-0.15, -0.1) is 0 Å². The van der Waals surface area contributed by atoms with Gasteiger partial charge in [0.2, 0.25) is 0 Å². The summed E-state index contributed by atoms with van der Waals surface area (Å²) in [6, 6.07) is 5.81. The van der Waals surface area contributed by atoms with Crippen molar-refractivity contribution in [3.8, 4) is 0 Å². The largest absolute Gasteiger partial charge is 0.481 e. The summed E-state index contributed by atoms with van der Waals surface area (Å²) >= 11 is 0. The molecule has 1 aromatic rings. The second-order valence-corrected chi connectivity index (χ2v) is 4.46. The Morgan fingerprint density at radius 3 is 2.76 bits per heavy atom. The van der Waals surface area contributed by atoms with E-state index in [1.54, 1.807) is 6.20 Å². The molecule has 0 spiro atoms. The maximum atomic E-state index is 11.0. The van der Waals surface area contributed by atoms with Gasteiger partial charge >= 0.3 is 5.97 Å². The Kier molecular flexibility index (Phi) is 5.63. The van der Waals surface area contributed by atoms with E-state index in [9.17, 15) is 4.79 Å². The Hall–Kier alpha value is -1.42. The fourth-order valence-corrected chi connectivity index (χ4v) is 1.63. The fourth-order valence-electron chi connectivity index (χ4n) is 1.63. The number of aliphatic carboxylic acids is 1. The first kappa shape index (κ1) is 13.6. The van der Waals surface area contributed by atoms with Gasteiger partial charge in [-0.25, -0.2) is 0 Å². The van der Waals surface area contributed by atoms with Crippen LogP contribution < -0.4 is 5.32 Å². The molecule has 0 radical (unpaired) electrons. The number of rotatable bonds is 7. The van der Waals surface area contributed by atoms with Crippen LogP contribution in [-0.4, -0.2) is 29.1 Å². The highest BCUT2D eigenvalue weighted by Gasteiger charge is 2.20. The Bertz CT molecular complexity index is 339. The number of aromatic nitrogens is 1. The molecule has 1 rings (SSSR count). The lowest BCUT2D eigenvalue weighted by atomic mass is 9.96. The van der Waals surface area contributed by atoms with Gasteiger partial charge in [-0.1, -0.05) is 19.9 Å². The van der Waals surface area contributed by atoms with Crippen LogP contribution in [0.25, 0.3) is 0 Å². The average molecular weight is 236 g/mol. The Labute approximate surface area is 102 Å². The van der Waals surface area contributed by atoms with E-state index in [1.165, 1.54) is 0 Å². The summed E-state index contributed by atoms with van der Waals surface area (Å²) in [6.07, 6.45) is 2.59. The van der Waals surface area contributed by atoms with E-state index in [2.05, 4.69) is 10.3 Å². The molecule has 1 heterocycles. The highest BCUT2D eigenvalue weighted by Crippen LogP contribution is 2.09. The van der Waals surface area contributed by atoms with Gasteiger partial charge in [0.05, 0.1) is 5.92 Å². The van der Waals surface area contributed by atoms with Crippen LogP contribution in [-0.2, 0) is 11.2 Å². The molecule has 0 fully saturated rings. The van der Waals surface area contributed by atoms with E-state index >= 15 is 0 Å². The third kappa shape index (κ3) is 4.95. The van der Waals surface area contributed by atoms with E-state index < -0.39 is 5.97 Å². The molecule has 1 atom stereocenters. The Morgan fingerprint density at radius 1 is 1.47 bits per heavy atom. The number of carboxylic acids is 1. The van der Waals surface area contributed by atoms with Crippen LogP contribution in [0.5, 0.6) is 0 Å². The average Bonchev–Trinajstić information content (AvgIpc) is 2.29. The minimum atomic E-state index is -0.731. The van der Waals surface area contributed by atoms with E-state index in [-0.39, 0.29) is 11.8 Å². The van der Waals surface area contributed by atoms with Crippen LogP contribution >= 0.6 is 0 Å². The van der Waals surface area contributed by atoms with Crippen LogP contribution in [0.1, 0.15) is 19.5 Å². The van der Waals surface area contributed by atoms with Crippen LogP contribution in [0.3, 0.4) is 0 Å². The maximum Gasteiger partial charge on any atom is 0.308 e. The molecule has 2 N–H and O–H groups in total. The summed E-state index contributed by atoms with van der Waals surface area (Å²) < 4.78 is 0. The molecular weight excluding hydrogens is 216 g/mol. The first-order valence-corrected chi connectivity index (χ1v) is 5.94.